The van der Waals surface area contributed by atoms with Crippen molar-refractivity contribution in [2.75, 3.05) is 20.2 Å². The average Bonchev–Trinajstić information content (AvgIpc) is 3.15. The number of rotatable bonds is 7. The molecule has 0 unspecified atom stereocenters. The van der Waals surface area contributed by atoms with Crippen molar-refractivity contribution < 1.29 is 4.74 Å². The summed E-state index contributed by atoms with van der Waals surface area (Å²) in [6.45, 7) is 5.86. The lowest BCUT2D eigenvalue weighted by Crippen LogP contribution is -2.38. The van der Waals surface area contributed by atoms with E-state index < -0.39 is 0 Å². The van der Waals surface area contributed by atoms with Crippen LogP contribution in [0.4, 0.5) is 0 Å². The Morgan fingerprint density at radius 1 is 1.07 bits per heavy atom. The third-order valence-corrected chi connectivity index (χ3v) is 4.25. The molecule has 2 aromatic heterocycles. The van der Waals surface area contributed by atoms with Gasteiger partial charge in [-0.2, -0.15) is 0 Å². The number of ether oxygens (including phenoxy) is 1. The lowest BCUT2D eigenvalue weighted by molar-refractivity contribution is 0.322. The first-order chi connectivity index (χ1) is 13.7. The van der Waals surface area contributed by atoms with Crippen LogP contribution in [0, 0.1) is 13.8 Å². The number of aryl methyl sites for hydroxylation is 2. The van der Waals surface area contributed by atoms with Crippen LogP contribution in [0.1, 0.15) is 17.0 Å². The maximum atomic E-state index is 5.71. The van der Waals surface area contributed by atoms with E-state index in [9.17, 15) is 0 Å². The van der Waals surface area contributed by atoms with E-state index in [0.29, 0.717) is 19.7 Å². The predicted molar refractivity (Wildman–Crippen MR) is 126 cm³/mol. The maximum Gasteiger partial charge on any atom is 0.191 e. The molecule has 29 heavy (non-hydrogen) atoms. The van der Waals surface area contributed by atoms with Crippen molar-refractivity contribution >= 4 is 29.9 Å². The van der Waals surface area contributed by atoms with Gasteiger partial charge in [-0.15, -0.1) is 24.0 Å². The van der Waals surface area contributed by atoms with Crippen molar-refractivity contribution in [1.82, 2.24) is 25.2 Å². The minimum absolute atomic E-state index is 0. The largest absolute Gasteiger partial charge is 0.492 e. The van der Waals surface area contributed by atoms with Crippen molar-refractivity contribution in [3.8, 4) is 11.6 Å². The van der Waals surface area contributed by atoms with Crippen LogP contribution in [0.15, 0.2) is 60.0 Å². The highest BCUT2D eigenvalue weighted by Crippen LogP contribution is 2.11. The Labute approximate surface area is 188 Å². The summed E-state index contributed by atoms with van der Waals surface area (Å²) in [5, 5.41) is 6.53. The second kappa shape index (κ2) is 11.4. The van der Waals surface area contributed by atoms with Crippen molar-refractivity contribution in [2.24, 2.45) is 4.99 Å². The fourth-order valence-corrected chi connectivity index (χ4v) is 2.66. The first-order valence-corrected chi connectivity index (χ1v) is 9.25. The smallest absolute Gasteiger partial charge is 0.191 e. The van der Waals surface area contributed by atoms with Crippen LogP contribution in [0.5, 0.6) is 5.75 Å². The van der Waals surface area contributed by atoms with Gasteiger partial charge in [0.15, 0.2) is 5.96 Å². The zero-order chi connectivity index (χ0) is 19.8. The SMILES string of the molecule is CN=C(NCCOc1ccc(C)cc1)NCc1ccc(-n2ccnc2C)nc1.I. The normalized spacial score (nSPS) is 10.9. The minimum atomic E-state index is 0. The number of benzene rings is 1. The van der Waals surface area contributed by atoms with Crippen molar-refractivity contribution in [3.63, 3.8) is 0 Å². The van der Waals surface area contributed by atoms with Gasteiger partial charge in [-0.3, -0.25) is 9.56 Å². The molecule has 0 fully saturated rings. The molecule has 0 aliphatic carbocycles. The second-order valence-corrected chi connectivity index (χ2v) is 6.38. The number of pyridine rings is 1. The highest BCUT2D eigenvalue weighted by atomic mass is 127. The van der Waals surface area contributed by atoms with Gasteiger partial charge < -0.3 is 15.4 Å². The standard InChI is InChI=1S/C21H26N6O.HI/c1-16-4-7-19(8-5-16)28-13-11-24-21(22-3)26-15-18-6-9-20(25-14-18)27-12-10-23-17(27)2;/h4-10,12,14H,11,13,15H2,1-3H3,(H2,22,24,26);1H. The Balaban J connectivity index is 0.00000300. The first kappa shape index (κ1) is 22.7. The van der Waals surface area contributed by atoms with Crippen molar-refractivity contribution in [3.05, 3.63) is 71.9 Å². The van der Waals surface area contributed by atoms with E-state index in [1.165, 1.54) is 5.56 Å². The number of hydrogen-bond acceptors (Lipinski definition) is 4. The quantitative estimate of drug-likeness (QED) is 0.223. The van der Waals surface area contributed by atoms with E-state index in [2.05, 4.69) is 32.5 Å². The summed E-state index contributed by atoms with van der Waals surface area (Å²) in [4.78, 5) is 13.0. The number of aliphatic imine (C=N–C) groups is 1. The lowest BCUT2D eigenvalue weighted by Gasteiger charge is -2.13. The van der Waals surface area contributed by atoms with Gasteiger partial charge in [0.05, 0.1) is 6.54 Å². The molecule has 0 radical (unpaired) electrons. The Kier molecular flexibility index (Phi) is 8.91. The van der Waals surface area contributed by atoms with Gasteiger partial charge in [0, 0.05) is 32.2 Å². The number of aromatic nitrogens is 3. The van der Waals surface area contributed by atoms with Gasteiger partial charge in [0.1, 0.15) is 24.0 Å². The molecule has 0 bridgehead atoms. The summed E-state index contributed by atoms with van der Waals surface area (Å²) < 4.78 is 7.66. The molecular formula is C21H27IN6O. The van der Waals surface area contributed by atoms with E-state index in [1.807, 2.05) is 60.3 Å². The van der Waals surface area contributed by atoms with Gasteiger partial charge in [0.2, 0.25) is 0 Å². The number of guanidine groups is 1. The maximum absolute atomic E-state index is 5.71. The summed E-state index contributed by atoms with van der Waals surface area (Å²) in [5.41, 5.74) is 2.29. The predicted octanol–water partition coefficient (Wildman–Crippen LogP) is 3.25. The Morgan fingerprint density at radius 3 is 2.48 bits per heavy atom. The summed E-state index contributed by atoms with van der Waals surface area (Å²) in [5.74, 6) is 3.36. The molecule has 154 valence electrons. The number of nitrogens with zero attached hydrogens (tertiary/aromatic N) is 4. The van der Waals surface area contributed by atoms with E-state index in [-0.39, 0.29) is 24.0 Å². The molecule has 0 saturated heterocycles. The Morgan fingerprint density at radius 2 is 1.86 bits per heavy atom. The molecule has 3 aromatic rings. The van der Waals surface area contributed by atoms with Crippen LogP contribution in [0.3, 0.4) is 0 Å². The van der Waals surface area contributed by atoms with Crippen LogP contribution in [-0.4, -0.2) is 40.7 Å². The summed E-state index contributed by atoms with van der Waals surface area (Å²) in [6, 6.07) is 12.1. The molecule has 0 aliphatic rings. The van der Waals surface area contributed by atoms with Crippen molar-refractivity contribution in [1.29, 1.82) is 0 Å². The zero-order valence-corrected chi connectivity index (χ0v) is 19.3. The molecule has 0 spiro atoms. The molecule has 0 aliphatic heterocycles. The number of hydrogen-bond donors (Lipinski definition) is 2. The minimum Gasteiger partial charge on any atom is -0.492 e. The highest BCUT2D eigenvalue weighted by molar-refractivity contribution is 14.0. The second-order valence-electron chi connectivity index (χ2n) is 6.38. The van der Waals surface area contributed by atoms with Crippen LogP contribution >= 0.6 is 24.0 Å². The molecule has 3 rings (SSSR count). The summed E-state index contributed by atoms with van der Waals surface area (Å²) in [7, 11) is 1.75. The molecule has 2 heterocycles. The number of imidazole rings is 1. The Bertz CT molecular complexity index is 906. The lowest BCUT2D eigenvalue weighted by atomic mass is 10.2. The fraction of sp³-hybridized carbons (Fsp3) is 0.286. The van der Waals surface area contributed by atoms with E-state index in [1.54, 1.807) is 13.2 Å². The molecule has 7 nitrogen and oxygen atoms in total. The number of halogens is 1. The molecule has 1 aromatic carbocycles. The van der Waals surface area contributed by atoms with E-state index in [0.717, 1.165) is 28.9 Å². The number of nitrogens with one attached hydrogen (secondary N) is 2. The van der Waals surface area contributed by atoms with Gasteiger partial charge in [-0.25, -0.2) is 9.97 Å². The van der Waals surface area contributed by atoms with Crippen LogP contribution < -0.4 is 15.4 Å². The Hall–Kier alpha value is -2.62. The molecule has 8 heteroatoms. The third kappa shape index (κ3) is 6.74. The van der Waals surface area contributed by atoms with Gasteiger partial charge in [-0.05, 0) is 37.6 Å². The van der Waals surface area contributed by atoms with Crippen molar-refractivity contribution in [2.45, 2.75) is 20.4 Å². The molecular weight excluding hydrogens is 479 g/mol. The van der Waals surface area contributed by atoms with Gasteiger partial charge in [0.25, 0.3) is 0 Å². The van der Waals surface area contributed by atoms with Gasteiger partial charge >= 0.3 is 0 Å². The van der Waals surface area contributed by atoms with Gasteiger partial charge in [-0.1, -0.05) is 23.8 Å². The molecule has 0 amide bonds. The summed E-state index contributed by atoms with van der Waals surface area (Å²) >= 11 is 0. The third-order valence-electron chi connectivity index (χ3n) is 4.25. The molecule has 0 atom stereocenters. The topological polar surface area (TPSA) is 76.4 Å². The fourth-order valence-electron chi connectivity index (χ4n) is 2.66. The van der Waals surface area contributed by atoms with Crippen LogP contribution in [0.25, 0.3) is 5.82 Å². The van der Waals surface area contributed by atoms with E-state index >= 15 is 0 Å². The first-order valence-electron chi connectivity index (χ1n) is 9.25. The highest BCUT2D eigenvalue weighted by Gasteiger charge is 2.03. The average molecular weight is 506 g/mol. The van der Waals surface area contributed by atoms with E-state index in [4.69, 9.17) is 4.74 Å². The summed E-state index contributed by atoms with van der Waals surface area (Å²) in [6.07, 6.45) is 5.53. The van der Waals surface area contributed by atoms with Crippen LogP contribution in [0.2, 0.25) is 0 Å². The zero-order valence-electron chi connectivity index (χ0n) is 16.9. The monoisotopic (exact) mass is 506 g/mol. The molecule has 2 N–H and O–H groups in total. The molecule has 0 saturated carbocycles. The van der Waals surface area contributed by atoms with Crippen LogP contribution in [-0.2, 0) is 6.54 Å².